The molecule has 1 aromatic rings. The van der Waals surface area contributed by atoms with Gasteiger partial charge in [-0.3, -0.25) is 4.98 Å². The van der Waals surface area contributed by atoms with Gasteiger partial charge in [0.15, 0.2) is 0 Å². The SMILES string of the molecule is CC.Cc1cnc2c(c1)CCCC=C2. The van der Waals surface area contributed by atoms with E-state index in [1.54, 1.807) is 0 Å². The Kier molecular flexibility index (Phi) is 4.37. The number of nitrogens with zero attached hydrogens (tertiary/aromatic N) is 1. The molecule has 0 radical (unpaired) electrons. The Morgan fingerprint density at radius 1 is 1.29 bits per heavy atom. The number of hydrogen-bond acceptors (Lipinski definition) is 1. The van der Waals surface area contributed by atoms with Gasteiger partial charge < -0.3 is 0 Å². The number of pyridine rings is 1. The van der Waals surface area contributed by atoms with Gasteiger partial charge in [0.25, 0.3) is 0 Å². The highest BCUT2D eigenvalue weighted by molar-refractivity contribution is 5.50. The van der Waals surface area contributed by atoms with Crippen molar-refractivity contribution in [3.8, 4) is 0 Å². The summed E-state index contributed by atoms with van der Waals surface area (Å²) in [6.07, 6.45) is 9.92. The summed E-state index contributed by atoms with van der Waals surface area (Å²) in [6.45, 7) is 6.10. The fourth-order valence-electron chi connectivity index (χ4n) is 1.60. The van der Waals surface area contributed by atoms with E-state index in [1.165, 1.54) is 30.4 Å². The van der Waals surface area contributed by atoms with Crippen molar-refractivity contribution in [1.29, 1.82) is 0 Å². The molecule has 1 heteroatoms. The van der Waals surface area contributed by atoms with Gasteiger partial charge in [-0.2, -0.15) is 0 Å². The molecule has 0 N–H and O–H groups in total. The first kappa shape index (κ1) is 11.0. The lowest BCUT2D eigenvalue weighted by atomic mass is 10.1. The standard InChI is InChI=1S/C11H13N.C2H6/c1-9-7-10-5-3-2-4-6-11(10)12-8-9;1-2/h4,6-8H,2-3,5H2,1H3;1-2H3. The molecular weight excluding hydrogens is 170 g/mol. The van der Waals surface area contributed by atoms with Gasteiger partial charge in [0.1, 0.15) is 0 Å². The predicted molar refractivity (Wildman–Crippen MR) is 62.3 cm³/mol. The summed E-state index contributed by atoms with van der Waals surface area (Å²) in [5, 5.41) is 0. The van der Waals surface area contributed by atoms with Crippen LogP contribution < -0.4 is 0 Å². The highest BCUT2D eigenvalue weighted by Crippen LogP contribution is 2.17. The number of aromatic nitrogens is 1. The second-order valence-electron chi connectivity index (χ2n) is 3.35. The summed E-state index contributed by atoms with van der Waals surface area (Å²) < 4.78 is 0. The minimum atomic E-state index is 1.16. The van der Waals surface area contributed by atoms with Crippen LogP contribution in [0.25, 0.3) is 6.08 Å². The van der Waals surface area contributed by atoms with Crippen LogP contribution in [0.3, 0.4) is 0 Å². The van der Waals surface area contributed by atoms with Crippen molar-refractivity contribution in [1.82, 2.24) is 4.98 Å². The maximum Gasteiger partial charge on any atom is 0.0658 e. The fraction of sp³-hybridized carbons (Fsp3) is 0.462. The van der Waals surface area contributed by atoms with Gasteiger partial charge >= 0.3 is 0 Å². The fourth-order valence-corrected chi connectivity index (χ4v) is 1.60. The highest BCUT2D eigenvalue weighted by atomic mass is 14.7. The zero-order chi connectivity index (χ0) is 10.4. The average molecular weight is 189 g/mol. The van der Waals surface area contributed by atoms with Gasteiger partial charge in [0.05, 0.1) is 5.69 Å². The van der Waals surface area contributed by atoms with Crippen molar-refractivity contribution in [3.05, 3.63) is 35.2 Å². The molecular formula is C13H19N. The second kappa shape index (κ2) is 5.58. The van der Waals surface area contributed by atoms with Crippen LogP contribution in [0.2, 0.25) is 0 Å². The molecule has 0 saturated heterocycles. The van der Waals surface area contributed by atoms with Crippen molar-refractivity contribution in [2.45, 2.75) is 40.0 Å². The lowest BCUT2D eigenvalue weighted by molar-refractivity contribution is 0.846. The molecule has 1 nitrogen and oxygen atoms in total. The molecule has 0 unspecified atom stereocenters. The zero-order valence-corrected chi connectivity index (χ0v) is 9.38. The molecule has 76 valence electrons. The first-order valence-electron chi connectivity index (χ1n) is 5.48. The Morgan fingerprint density at radius 3 is 2.86 bits per heavy atom. The molecule has 0 fully saturated rings. The van der Waals surface area contributed by atoms with E-state index in [-0.39, 0.29) is 0 Å². The van der Waals surface area contributed by atoms with Gasteiger partial charge in [0, 0.05) is 6.20 Å². The van der Waals surface area contributed by atoms with Crippen LogP contribution in [-0.2, 0) is 6.42 Å². The van der Waals surface area contributed by atoms with Crippen LogP contribution in [0.15, 0.2) is 18.3 Å². The third-order valence-electron chi connectivity index (χ3n) is 2.23. The van der Waals surface area contributed by atoms with E-state index in [9.17, 15) is 0 Å². The number of fused-ring (bicyclic) bond motifs is 1. The predicted octanol–water partition coefficient (Wildman–Crippen LogP) is 3.77. The average Bonchev–Trinajstić information content (AvgIpc) is 2.45. The van der Waals surface area contributed by atoms with Gasteiger partial charge in [-0.15, -0.1) is 0 Å². The van der Waals surface area contributed by atoms with E-state index in [2.05, 4.69) is 30.1 Å². The highest BCUT2D eigenvalue weighted by Gasteiger charge is 2.03. The first-order chi connectivity index (χ1) is 6.86. The number of aryl methyl sites for hydroxylation is 2. The molecule has 1 aromatic heterocycles. The monoisotopic (exact) mass is 189 g/mol. The van der Waals surface area contributed by atoms with Crippen LogP contribution in [0.5, 0.6) is 0 Å². The quantitative estimate of drug-likeness (QED) is 0.605. The van der Waals surface area contributed by atoms with Gasteiger partial charge in [0.2, 0.25) is 0 Å². The third kappa shape index (κ3) is 2.69. The summed E-state index contributed by atoms with van der Waals surface area (Å²) in [7, 11) is 0. The molecule has 1 aliphatic carbocycles. The molecule has 0 aliphatic heterocycles. The Hall–Kier alpha value is -1.11. The summed E-state index contributed by atoms with van der Waals surface area (Å²) in [5.41, 5.74) is 3.84. The van der Waals surface area contributed by atoms with Gasteiger partial charge in [-0.25, -0.2) is 0 Å². The van der Waals surface area contributed by atoms with Crippen LogP contribution in [0, 0.1) is 6.92 Å². The lowest BCUT2D eigenvalue weighted by Gasteiger charge is -2.02. The van der Waals surface area contributed by atoms with Crippen molar-refractivity contribution in [2.75, 3.05) is 0 Å². The molecule has 0 spiro atoms. The van der Waals surface area contributed by atoms with Crippen molar-refractivity contribution in [2.24, 2.45) is 0 Å². The van der Waals surface area contributed by atoms with E-state index in [4.69, 9.17) is 0 Å². The molecule has 1 heterocycles. The van der Waals surface area contributed by atoms with E-state index in [0.29, 0.717) is 0 Å². The number of allylic oxidation sites excluding steroid dienone is 1. The molecule has 2 rings (SSSR count). The van der Waals surface area contributed by atoms with Gasteiger partial charge in [-0.1, -0.05) is 26.0 Å². The maximum atomic E-state index is 4.39. The van der Waals surface area contributed by atoms with Crippen LogP contribution in [-0.4, -0.2) is 4.98 Å². The van der Waals surface area contributed by atoms with Crippen molar-refractivity contribution in [3.63, 3.8) is 0 Å². The minimum absolute atomic E-state index is 1.16. The zero-order valence-electron chi connectivity index (χ0n) is 9.38. The Balaban J connectivity index is 0.000000461. The maximum absolute atomic E-state index is 4.39. The van der Waals surface area contributed by atoms with Crippen molar-refractivity contribution >= 4 is 6.08 Å². The molecule has 0 amide bonds. The van der Waals surface area contributed by atoms with Crippen LogP contribution in [0.4, 0.5) is 0 Å². The first-order valence-corrected chi connectivity index (χ1v) is 5.48. The Labute approximate surface area is 86.9 Å². The van der Waals surface area contributed by atoms with Crippen LogP contribution in [0.1, 0.15) is 43.5 Å². The van der Waals surface area contributed by atoms with Crippen LogP contribution >= 0.6 is 0 Å². The molecule has 0 atom stereocenters. The van der Waals surface area contributed by atoms with Crippen molar-refractivity contribution < 1.29 is 0 Å². The molecule has 1 aliphatic rings. The van der Waals surface area contributed by atoms with Gasteiger partial charge in [-0.05, 0) is 43.4 Å². The molecule has 14 heavy (non-hydrogen) atoms. The molecule has 0 saturated carbocycles. The summed E-state index contributed by atoms with van der Waals surface area (Å²) >= 11 is 0. The Bertz CT molecular complexity index is 313. The van der Waals surface area contributed by atoms with E-state index in [0.717, 1.165) is 5.69 Å². The lowest BCUT2D eigenvalue weighted by Crippen LogP contribution is -1.91. The molecule has 0 bridgehead atoms. The smallest absolute Gasteiger partial charge is 0.0658 e. The normalized spacial score (nSPS) is 13.6. The molecule has 0 aromatic carbocycles. The largest absolute Gasteiger partial charge is 0.256 e. The topological polar surface area (TPSA) is 12.9 Å². The Morgan fingerprint density at radius 2 is 2.07 bits per heavy atom. The number of hydrogen-bond donors (Lipinski definition) is 0. The summed E-state index contributed by atoms with van der Waals surface area (Å²) in [6, 6.07) is 2.25. The number of rotatable bonds is 0. The third-order valence-corrected chi connectivity index (χ3v) is 2.23. The van der Waals surface area contributed by atoms with E-state index < -0.39 is 0 Å². The summed E-state index contributed by atoms with van der Waals surface area (Å²) in [5.74, 6) is 0. The second-order valence-corrected chi connectivity index (χ2v) is 3.35. The minimum Gasteiger partial charge on any atom is -0.256 e. The summed E-state index contributed by atoms with van der Waals surface area (Å²) in [4.78, 5) is 4.39. The van der Waals surface area contributed by atoms with E-state index >= 15 is 0 Å². The van der Waals surface area contributed by atoms with E-state index in [1.807, 2.05) is 20.0 Å².